The molecule has 2 fully saturated rings. The maximum absolute atomic E-state index is 12.6. The Hall–Kier alpha value is -3.17. The summed E-state index contributed by atoms with van der Waals surface area (Å²) in [5, 5.41) is 10.7. The molecule has 1 aromatic carbocycles. The van der Waals surface area contributed by atoms with Gasteiger partial charge in [-0.15, -0.1) is 0 Å². The Morgan fingerprint density at radius 2 is 1.94 bits per heavy atom. The largest absolute Gasteiger partial charge is 0.369 e. The Kier molecular flexibility index (Phi) is 5.91. The van der Waals surface area contributed by atoms with Gasteiger partial charge in [-0.3, -0.25) is 4.79 Å². The minimum Gasteiger partial charge on any atom is -0.369 e. The average Bonchev–Trinajstić information content (AvgIpc) is 2.81. The van der Waals surface area contributed by atoms with E-state index in [2.05, 4.69) is 54.9 Å². The number of hydrogen-bond donors (Lipinski definition) is 4. The fourth-order valence-electron chi connectivity index (χ4n) is 4.40. The van der Waals surface area contributed by atoms with E-state index in [0.29, 0.717) is 22.8 Å². The predicted octanol–water partition coefficient (Wildman–Crippen LogP) is 1.98. The summed E-state index contributed by atoms with van der Waals surface area (Å²) >= 11 is 0. The molecule has 0 unspecified atom stereocenters. The molecule has 0 spiro atoms. The molecule has 4 N–H and O–H groups in total. The highest BCUT2D eigenvalue weighted by atomic mass is 16.1. The van der Waals surface area contributed by atoms with Crippen molar-refractivity contribution in [1.29, 1.82) is 0 Å². The lowest BCUT2D eigenvalue weighted by Crippen LogP contribution is -2.44. The van der Waals surface area contributed by atoms with Gasteiger partial charge in [-0.1, -0.05) is 0 Å². The molecule has 168 valence electrons. The number of pyridine rings is 1. The number of rotatable bonds is 5. The zero-order chi connectivity index (χ0) is 21.9. The molecule has 0 bridgehead atoms. The lowest BCUT2D eigenvalue weighted by atomic mass is 10.1. The Morgan fingerprint density at radius 3 is 2.69 bits per heavy atom. The van der Waals surface area contributed by atoms with Crippen molar-refractivity contribution in [3.05, 3.63) is 47.0 Å². The highest BCUT2D eigenvalue weighted by molar-refractivity contribution is 5.92. The number of aromatic amines is 1. The highest BCUT2D eigenvalue weighted by Crippen LogP contribution is 2.26. The van der Waals surface area contributed by atoms with Crippen LogP contribution in [0.25, 0.3) is 10.9 Å². The molecule has 2 saturated heterocycles. The monoisotopic (exact) mass is 434 g/mol. The van der Waals surface area contributed by atoms with Crippen molar-refractivity contribution in [3.8, 4) is 0 Å². The van der Waals surface area contributed by atoms with E-state index in [1.807, 2.05) is 18.2 Å². The lowest BCUT2D eigenvalue weighted by Gasteiger charge is -2.34. The summed E-state index contributed by atoms with van der Waals surface area (Å²) in [6.07, 6.45) is 3.66. The fraction of sp³-hybridized carbons (Fsp3) is 0.435. The van der Waals surface area contributed by atoms with Gasteiger partial charge in [0.1, 0.15) is 17.0 Å². The normalized spacial score (nSPS) is 19.8. The first-order chi connectivity index (χ1) is 15.7. The number of benzene rings is 1. The third kappa shape index (κ3) is 4.53. The van der Waals surface area contributed by atoms with Gasteiger partial charge >= 0.3 is 0 Å². The van der Waals surface area contributed by atoms with Crippen LogP contribution >= 0.6 is 0 Å². The maximum atomic E-state index is 12.6. The van der Waals surface area contributed by atoms with Gasteiger partial charge in [0, 0.05) is 56.2 Å². The van der Waals surface area contributed by atoms with E-state index in [4.69, 9.17) is 4.98 Å². The molecule has 0 radical (unpaired) electrons. The van der Waals surface area contributed by atoms with Crippen molar-refractivity contribution in [1.82, 2.24) is 25.2 Å². The van der Waals surface area contributed by atoms with Crippen LogP contribution in [0.4, 0.5) is 23.0 Å². The summed E-state index contributed by atoms with van der Waals surface area (Å²) in [5.41, 5.74) is 2.51. The van der Waals surface area contributed by atoms with E-state index in [0.717, 1.165) is 63.6 Å². The number of hydrogen-bond acceptors (Lipinski definition) is 8. The van der Waals surface area contributed by atoms with Crippen LogP contribution in [0.3, 0.4) is 0 Å². The molecule has 4 heterocycles. The van der Waals surface area contributed by atoms with Crippen molar-refractivity contribution in [3.63, 3.8) is 0 Å². The van der Waals surface area contributed by atoms with Gasteiger partial charge in [0.15, 0.2) is 0 Å². The third-order valence-electron chi connectivity index (χ3n) is 6.27. The molecule has 9 nitrogen and oxygen atoms in total. The molecule has 9 heteroatoms. The number of fused-ring (bicyclic) bond motifs is 1. The zero-order valence-electron chi connectivity index (χ0n) is 18.4. The molecule has 2 aliphatic heterocycles. The summed E-state index contributed by atoms with van der Waals surface area (Å²) in [4.78, 5) is 29.1. The van der Waals surface area contributed by atoms with Gasteiger partial charge < -0.3 is 30.7 Å². The van der Waals surface area contributed by atoms with Crippen LogP contribution in [-0.4, -0.2) is 72.2 Å². The molecular weight excluding hydrogens is 404 g/mol. The summed E-state index contributed by atoms with van der Waals surface area (Å²) in [5.74, 6) is 1.23. The molecule has 2 aromatic heterocycles. The van der Waals surface area contributed by atoms with Crippen molar-refractivity contribution in [2.75, 3.05) is 61.8 Å². The molecule has 1 atom stereocenters. The summed E-state index contributed by atoms with van der Waals surface area (Å²) in [6, 6.07) is 10.5. The van der Waals surface area contributed by atoms with Crippen LogP contribution in [0, 0.1) is 0 Å². The van der Waals surface area contributed by atoms with E-state index in [1.165, 1.54) is 12.0 Å². The number of anilines is 4. The van der Waals surface area contributed by atoms with Crippen LogP contribution in [0.15, 0.2) is 41.5 Å². The SMILES string of the molecule is CN1CCN(c2ccc(Nc3nc(N[C@@H]4CCCNC4)cc4nc[nH]c(=O)c34)cc2)CC1. The molecule has 0 saturated carbocycles. The van der Waals surface area contributed by atoms with E-state index < -0.39 is 0 Å². The Morgan fingerprint density at radius 1 is 1.12 bits per heavy atom. The van der Waals surface area contributed by atoms with Crippen molar-refractivity contribution in [2.45, 2.75) is 18.9 Å². The zero-order valence-corrected chi connectivity index (χ0v) is 18.4. The Balaban J connectivity index is 1.40. The summed E-state index contributed by atoms with van der Waals surface area (Å²) < 4.78 is 0. The standard InChI is InChI=1S/C23H30N8O/c1-30-9-11-31(12-10-30)18-6-4-16(5-7-18)28-22-21-19(25-15-26-23(21)32)13-20(29-22)27-17-3-2-8-24-14-17/h4-7,13,15,17,24H,2-3,8-12,14H2,1H3,(H,25,26,32)(H2,27,28,29)/t17-/m1/s1. The van der Waals surface area contributed by atoms with Crippen molar-refractivity contribution < 1.29 is 0 Å². The Labute approximate surface area is 187 Å². The molecule has 0 amide bonds. The topological polar surface area (TPSA) is 101 Å². The smallest absolute Gasteiger partial charge is 0.262 e. The average molecular weight is 435 g/mol. The number of nitrogens with one attached hydrogen (secondary N) is 4. The number of likely N-dealkylation sites (N-methyl/N-ethyl adjacent to an activating group) is 1. The second kappa shape index (κ2) is 9.13. The van der Waals surface area contributed by atoms with Crippen LogP contribution < -0.4 is 26.4 Å². The molecule has 3 aromatic rings. The summed E-state index contributed by atoms with van der Waals surface area (Å²) in [7, 11) is 2.16. The van der Waals surface area contributed by atoms with Crippen molar-refractivity contribution in [2.24, 2.45) is 0 Å². The number of H-pyrrole nitrogens is 1. The first-order valence-electron chi connectivity index (χ1n) is 11.3. The van der Waals surface area contributed by atoms with Crippen LogP contribution in [-0.2, 0) is 0 Å². The molecule has 0 aliphatic carbocycles. The van der Waals surface area contributed by atoms with Crippen molar-refractivity contribution >= 4 is 33.9 Å². The van der Waals surface area contributed by atoms with Crippen LogP contribution in [0.5, 0.6) is 0 Å². The second-order valence-corrected chi connectivity index (χ2v) is 8.63. The quantitative estimate of drug-likeness (QED) is 0.484. The second-order valence-electron chi connectivity index (χ2n) is 8.63. The summed E-state index contributed by atoms with van der Waals surface area (Å²) in [6.45, 7) is 6.15. The van der Waals surface area contributed by atoms with Gasteiger partial charge in [-0.2, -0.15) is 0 Å². The molecule has 5 rings (SSSR count). The molecule has 2 aliphatic rings. The fourth-order valence-corrected chi connectivity index (χ4v) is 4.40. The van der Waals surface area contributed by atoms with Gasteiger partial charge in [-0.25, -0.2) is 9.97 Å². The lowest BCUT2D eigenvalue weighted by molar-refractivity contribution is 0.313. The number of aromatic nitrogens is 3. The first-order valence-corrected chi connectivity index (χ1v) is 11.3. The van der Waals surface area contributed by atoms with Crippen LogP contribution in [0.2, 0.25) is 0 Å². The Bertz CT molecular complexity index is 1120. The van der Waals surface area contributed by atoms with E-state index >= 15 is 0 Å². The van der Waals surface area contributed by atoms with E-state index in [9.17, 15) is 4.79 Å². The minimum absolute atomic E-state index is 0.204. The van der Waals surface area contributed by atoms with E-state index in [-0.39, 0.29) is 5.56 Å². The third-order valence-corrected chi connectivity index (χ3v) is 6.27. The molecule has 32 heavy (non-hydrogen) atoms. The van der Waals surface area contributed by atoms with Gasteiger partial charge in [-0.05, 0) is 50.7 Å². The molecular formula is C23H30N8O. The van der Waals surface area contributed by atoms with Crippen LogP contribution in [0.1, 0.15) is 12.8 Å². The maximum Gasteiger partial charge on any atom is 0.262 e. The van der Waals surface area contributed by atoms with E-state index in [1.54, 1.807) is 0 Å². The minimum atomic E-state index is -0.204. The number of nitrogens with zero attached hydrogens (tertiary/aromatic N) is 4. The van der Waals surface area contributed by atoms with Gasteiger partial charge in [0.2, 0.25) is 0 Å². The predicted molar refractivity (Wildman–Crippen MR) is 129 cm³/mol. The first kappa shape index (κ1) is 20.7. The highest BCUT2D eigenvalue weighted by Gasteiger charge is 2.17. The number of piperidine rings is 1. The van der Waals surface area contributed by atoms with Gasteiger partial charge in [0.05, 0.1) is 11.8 Å². The van der Waals surface area contributed by atoms with Gasteiger partial charge in [0.25, 0.3) is 5.56 Å². The number of piperazine rings is 1.